The van der Waals surface area contributed by atoms with E-state index >= 15 is 0 Å². The molecule has 1 amide bonds. The van der Waals surface area contributed by atoms with Gasteiger partial charge in [-0.1, -0.05) is 18.1 Å². The van der Waals surface area contributed by atoms with Gasteiger partial charge in [0, 0.05) is 12.4 Å². The zero-order valence-electron chi connectivity index (χ0n) is 25.6. The van der Waals surface area contributed by atoms with E-state index in [4.69, 9.17) is 19.8 Å². The molecule has 0 spiro atoms. The Morgan fingerprint density at radius 1 is 1.17 bits per heavy atom. The lowest BCUT2D eigenvalue weighted by Crippen LogP contribution is -2.32. The molecule has 0 unspecified atom stereocenters. The number of carbonyl (C=O) groups is 1. The zero-order chi connectivity index (χ0) is 30.8. The lowest BCUT2D eigenvalue weighted by Gasteiger charge is -2.19. The maximum Gasteiger partial charge on any atom is 0.573 e. The predicted octanol–water partition coefficient (Wildman–Crippen LogP) is 4.08. The molecule has 30 heavy (non-hydrogen) atoms. The van der Waals surface area contributed by atoms with Gasteiger partial charge in [-0.2, -0.15) is 0 Å². The van der Waals surface area contributed by atoms with E-state index in [0.29, 0.717) is 0 Å². The summed E-state index contributed by atoms with van der Waals surface area (Å²) in [4.78, 5) is 21.5. The summed E-state index contributed by atoms with van der Waals surface area (Å²) in [7, 11) is 0. The maximum atomic E-state index is 13.7. The minimum absolute atomic E-state index is 0.286. The number of fused-ring (bicyclic) bond motifs is 1. The van der Waals surface area contributed by atoms with Crippen LogP contribution in [0.4, 0.5) is 13.2 Å². The molecule has 0 aliphatic carbocycles. The lowest BCUT2D eigenvalue weighted by atomic mass is 10.0. The van der Waals surface area contributed by atoms with Crippen LogP contribution in [0.1, 0.15) is 31.3 Å². The summed E-state index contributed by atoms with van der Waals surface area (Å²) >= 11 is 0. The lowest BCUT2D eigenvalue weighted by molar-refractivity contribution is -0.274. The van der Waals surface area contributed by atoms with Crippen molar-refractivity contribution in [2.75, 3.05) is 13.1 Å². The van der Waals surface area contributed by atoms with Gasteiger partial charge in [-0.05, 0) is 41.4 Å². The molecular weight excluding hydrogens is 399 g/mol. The van der Waals surface area contributed by atoms with Crippen molar-refractivity contribution < 1.29 is 42.5 Å². The number of hydrogen-bond donors (Lipinski definition) is 0. The van der Waals surface area contributed by atoms with Gasteiger partial charge in [0.1, 0.15) is 23.9 Å². The second kappa shape index (κ2) is 8.02. The molecule has 0 atom stereocenters. The summed E-state index contributed by atoms with van der Waals surface area (Å²) in [5.41, 5.74) is -2.81. The number of rotatable bonds is 4. The van der Waals surface area contributed by atoms with Crippen LogP contribution < -0.4 is 9.47 Å². The van der Waals surface area contributed by atoms with Crippen molar-refractivity contribution in [3.05, 3.63) is 72.1 Å². The van der Waals surface area contributed by atoms with Crippen LogP contribution in [-0.2, 0) is 6.50 Å². The normalized spacial score (nSPS) is 21.4. The van der Waals surface area contributed by atoms with Crippen molar-refractivity contribution >= 4 is 5.91 Å². The van der Waals surface area contributed by atoms with Gasteiger partial charge >= 0.3 is 6.36 Å². The molecule has 1 aliphatic rings. The van der Waals surface area contributed by atoms with E-state index in [2.05, 4.69) is 14.7 Å². The zero-order valence-corrected chi connectivity index (χ0v) is 14.6. The molecule has 0 radical (unpaired) electrons. The van der Waals surface area contributed by atoms with Crippen LogP contribution in [0.2, 0.25) is 0 Å². The summed E-state index contributed by atoms with van der Waals surface area (Å²) < 4.78 is 138. The van der Waals surface area contributed by atoms with E-state index in [1.807, 2.05) is 0 Å². The molecule has 0 N–H and O–H groups in total. The molecule has 0 bridgehead atoms. The van der Waals surface area contributed by atoms with E-state index in [0.717, 1.165) is 12.4 Å². The number of hydrogen-bond acceptors (Lipinski definition) is 5. The Balaban J connectivity index is 2.03. The molecule has 2 aromatic carbocycles. The average Bonchev–Trinajstić information content (AvgIpc) is 2.99. The average molecular weight is 426 g/mol. The first-order valence-corrected chi connectivity index (χ1v) is 8.08. The Morgan fingerprint density at radius 2 is 1.87 bits per heavy atom. The van der Waals surface area contributed by atoms with Crippen LogP contribution in [-0.4, -0.2) is 40.2 Å². The number of nitrogens with zero attached hydrogens (tertiary/aromatic N) is 3. The fourth-order valence-electron chi connectivity index (χ4n) is 2.28. The topological polar surface area (TPSA) is 64.6 Å². The van der Waals surface area contributed by atoms with Crippen molar-refractivity contribution in [3.63, 3.8) is 0 Å². The third kappa shape index (κ3) is 4.51. The van der Waals surface area contributed by atoms with Gasteiger partial charge in [0.15, 0.2) is 0 Å². The van der Waals surface area contributed by atoms with Gasteiger partial charge < -0.3 is 14.4 Å². The van der Waals surface area contributed by atoms with Gasteiger partial charge in [0.05, 0.1) is 33.7 Å². The van der Waals surface area contributed by atoms with Crippen molar-refractivity contribution in [2.24, 2.45) is 0 Å². The fraction of sp³-hybridized carbons (Fsp3) is 0.190. The highest BCUT2D eigenvalue weighted by Gasteiger charge is 2.31. The molecule has 3 aromatic rings. The number of alkyl halides is 3. The SMILES string of the molecule is [2H]c1c([2H])c(-c2c([2H])c([2H])c3c(c2[2H])C(=O)N(C([2H])([2H])c2ncccn2)CC([2H])([2H])O3)c([2H])c([2H])c1OC(F)(F)F. The van der Waals surface area contributed by atoms with Gasteiger partial charge in [-0.15, -0.1) is 13.2 Å². The van der Waals surface area contributed by atoms with Gasteiger partial charge in [-0.3, -0.25) is 4.79 Å². The maximum absolute atomic E-state index is 13.7. The van der Waals surface area contributed by atoms with Crippen LogP contribution in [0.15, 0.2) is 60.8 Å². The number of amides is 1. The Hall–Kier alpha value is -3.62. The smallest absolute Gasteiger partial charge is 0.491 e. The highest BCUT2D eigenvalue weighted by atomic mass is 19.4. The van der Waals surface area contributed by atoms with Crippen LogP contribution in [0.5, 0.6) is 11.5 Å². The Bertz CT molecular complexity index is 1540. The quantitative estimate of drug-likeness (QED) is 0.629. The minimum atomic E-state index is -5.39. The molecule has 0 saturated heterocycles. The molecule has 1 aliphatic heterocycles. The van der Waals surface area contributed by atoms with Gasteiger partial charge in [0.2, 0.25) is 0 Å². The second-order valence-electron chi connectivity index (χ2n) is 5.53. The minimum Gasteiger partial charge on any atom is -0.491 e. The molecule has 1 aromatic heterocycles. The van der Waals surface area contributed by atoms with Gasteiger partial charge in [-0.25, -0.2) is 9.97 Å². The monoisotopic (exact) mass is 426 g/mol. The number of benzene rings is 2. The Morgan fingerprint density at radius 3 is 2.57 bits per heavy atom. The van der Waals surface area contributed by atoms with Crippen molar-refractivity contribution in [1.29, 1.82) is 0 Å². The van der Waals surface area contributed by atoms with Crippen LogP contribution in [0.25, 0.3) is 11.1 Å². The molecule has 0 fully saturated rings. The fourth-order valence-corrected chi connectivity index (χ4v) is 2.28. The number of aromatic nitrogens is 2. The number of carbonyl (C=O) groups excluding carboxylic acids is 1. The Labute approximate surface area is 185 Å². The second-order valence-corrected chi connectivity index (χ2v) is 5.53. The summed E-state index contributed by atoms with van der Waals surface area (Å²) in [5, 5.41) is 0. The Kier molecular flexibility index (Phi) is 2.78. The van der Waals surface area contributed by atoms with Crippen molar-refractivity contribution in [1.82, 2.24) is 14.9 Å². The molecule has 154 valence electrons. The van der Waals surface area contributed by atoms with E-state index in [9.17, 15) is 18.0 Å². The molecule has 6 nitrogen and oxygen atoms in total. The molecule has 2 heterocycles. The van der Waals surface area contributed by atoms with Crippen molar-refractivity contribution in [2.45, 2.75) is 12.9 Å². The molecule has 0 saturated carbocycles. The van der Waals surface area contributed by atoms with Gasteiger partial charge in [0.25, 0.3) is 5.91 Å². The third-order valence-electron chi connectivity index (χ3n) is 3.50. The summed E-state index contributed by atoms with van der Waals surface area (Å²) in [6, 6.07) is -6.90. The van der Waals surface area contributed by atoms with Crippen molar-refractivity contribution in [3.8, 4) is 22.6 Å². The first kappa shape index (κ1) is 10.4. The molecular formula is C21H16F3N3O3. The summed E-state index contributed by atoms with van der Waals surface area (Å²) in [6.07, 6.45) is -3.09. The number of ether oxygens (including phenoxy) is 2. The summed E-state index contributed by atoms with van der Waals surface area (Å²) in [5.74, 6) is -4.46. The predicted molar refractivity (Wildman–Crippen MR) is 101 cm³/mol. The van der Waals surface area contributed by atoms with E-state index in [1.54, 1.807) is 0 Å². The van der Waals surface area contributed by atoms with E-state index in [1.165, 1.54) is 6.07 Å². The summed E-state index contributed by atoms with van der Waals surface area (Å²) in [6.45, 7) is -6.93. The van der Waals surface area contributed by atoms with E-state index < -0.39 is 108 Å². The first-order valence-electron chi connectivity index (χ1n) is 13.6. The molecule has 9 heteroatoms. The standard InChI is InChI=1S/C21H16F3N3O3/c22-21(23,24)30-16-5-2-14(3-6-16)15-4-7-18-17(12-15)20(28)27(10-11-29-18)13-19-25-8-1-9-26-19/h1-9,12H,10-11,13H2/i2D,3D,4D,5D,6D,7D,11D2,12D,13D2. The van der Waals surface area contributed by atoms with E-state index in [-0.39, 0.29) is 4.90 Å². The largest absolute Gasteiger partial charge is 0.573 e. The first-order chi connectivity index (χ1) is 18.8. The number of halogens is 3. The van der Waals surface area contributed by atoms with Crippen LogP contribution >= 0.6 is 0 Å². The highest BCUT2D eigenvalue weighted by molar-refractivity contribution is 5.98. The highest BCUT2D eigenvalue weighted by Crippen LogP contribution is 2.31. The molecule has 4 rings (SSSR count). The third-order valence-corrected chi connectivity index (χ3v) is 3.50. The van der Waals surface area contributed by atoms with Crippen LogP contribution in [0.3, 0.4) is 0 Å². The van der Waals surface area contributed by atoms with Crippen LogP contribution in [0, 0.1) is 0 Å².